The summed E-state index contributed by atoms with van der Waals surface area (Å²) in [5, 5.41) is 4.51. The van der Waals surface area contributed by atoms with E-state index < -0.39 is 20.2 Å². The average molecular weight is 348 g/mol. The number of nitrogens with one attached hydrogen (secondary N) is 1. The van der Waals surface area contributed by atoms with Crippen LogP contribution in [0.15, 0.2) is 42.5 Å². The van der Waals surface area contributed by atoms with Gasteiger partial charge in [0.25, 0.3) is 0 Å². The first-order valence-electron chi connectivity index (χ1n) is 7.82. The lowest BCUT2D eigenvalue weighted by Crippen LogP contribution is -2.33. The van der Waals surface area contributed by atoms with Gasteiger partial charge in [-0.1, -0.05) is 62.3 Å². The highest BCUT2D eigenvalue weighted by molar-refractivity contribution is 7.37. The molecule has 0 aliphatic rings. The van der Waals surface area contributed by atoms with Crippen LogP contribution in [-0.2, 0) is 14.1 Å². The van der Waals surface area contributed by atoms with E-state index in [1.807, 2.05) is 57.2 Å². The Morgan fingerprint density at radius 3 is 2.54 bits per heavy atom. The van der Waals surface area contributed by atoms with Gasteiger partial charge in [0.2, 0.25) is 0 Å². The molecule has 6 heteroatoms. The molecule has 0 fully saturated rings. The predicted octanol–water partition coefficient (Wildman–Crippen LogP) is 4.44. The van der Waals surface area contributed by atoms with Gasteiger partial charge in [-0.25, -0.2) is 4.52 Å². The zero-order chi connectivity index (χ0) is 17.7. The number of rotatable bonds is 6. The van der Waals surface area contributed by atoms with Crippen molar-refractivity contribution in [2.45, 2.75) is 33.7 Å². The molecule has 2 unspecified atom stereocenters. The number of carbonyl (C=O) groups excluding carboxylic acids is 1. The van der Waals surface area contributed by atoms with Crippen LogP contribution in [0.4, 0.5) is 0 Å². The highest BCUT2D eigenvalue weighted by Crippen LogP contribution is 2.31. The monoisotopic (exact) mass is 348 g/mol. The van der Waals surface area contributed by atoms with Gasteiger partial charge in [-0.3, -0.25) is 4.79 Å². The lowest BCUT2D eigenvalue weighted by molar-refractivity contribution is -0.147. The summed E-state index contributed by atoms with van der Waals surface area (Å²) in [5.74, 6) is 0.0618. The van der Waals surface area contributed by atoms with Crippen LogP contribution in [-0.4, -0.2) is 18.6 Å². The topological polar surface area (TPSA) is 64.6 Å². The minimum atomic E-state index is -2.24. The number of benzene rings is 2. The van der Waals surface area contributed by atoms with Gasteiger partial charge in [0.15, 0.2) is 5.75 Å². The van der Waals surface area contributed by atoms with Crippen molar-refractivity contribution in [3.63, 3.8) is 0 Å². The molecule has 24 heavy (non-hydrogen) atoms. The fraction of sp³-hybridized carbons (Fsp3) is 0.389. The second-order valence-electron chi connectivity index (χ2n) is 6.84. The average Bonchev–Trinajstić information content (AvgIpc) is 2.52. The lowest BCUT2D eigenvalue weighted by Gasteiger charge is -2.18. The third-order valence-corrected chi connectivity index (χ3v) is 4.19. The Balaban J connectivity index is 1.96. The Morgan fingerprint density at radius 1 is 1.17 bits per heavy atom. The SMILES string of the molecule is CC(N[P+](=O)Oc1cccc2ccccc12)C(=O)OCC(C)(C)C. The largest absolute Gasteiger partial charge is 0.664 e. The molecule has 2 rings (SSSR count). The lowest BCUT2D eigenvalue weighted by atomic mass is 9.99. The summed E-state index contributed by atoms with van der Waals surface area (Å²) in [5.41, 5.74) is -0.114. The minimum Gasteiger partial charge on any atom is -0.464 e. The van der Waals surface area contributed by atoms with Crippen molar-refractivity contribution in [1.29, 1.82) is 0 Å². The second kappa shape index (κ2) is 7.73. The van der Waals surface area contributed by atoms with E-state index >= 15 is 0 Å². The Morgan fingerprint density at radius 2 is 1.83 bits per heavy atom. The van der Waals surface area contributed by atoms with E-state index in [0.717, 1.165) is 10.8 Å². The molecule has 0 spiro atoms. The zero-order valence-corrected chi connectivity index (χ0v) is 15.3. The molecule has 0 heterocycles. The van der Waals surface area contributed by atoms with Crippen LogP contribution in [0.1, 0.15) is 27.7 Å². The predicted molar refractivity (Wildman–Crippen MR) is 95.2 cm³/mol. The van der Waals surface area contributed by atoms with Gasteiger partial charge in [-0.15, -0.1) is 0 Å². The number of ether oxygens (including phenoxy) is 1. The first kappa shape index (κ1) is 18.4. The Labute approximate surface area is 143 Å². The summed E-state index contributed by atoms with van der Waals surface area (Å²) >= 11 is 0. The van der Waals surface area contributed by atoms with Crippen LogP contribution in [0.5, 0.6) is 5.75 Å². The quantitative estimate of drug-likeness (QED) is 0.617. The van der Waals surface area contributed by atoms with Crippen LogP contribution < -0.4 is 9.61 Å². The van der Waals surface area contributed by atoms with Crippen LogP contribution in [0, 0.1) is 5.41 Å². The Kier molecular flexibility index (Phi) is 5.92. The molecule has 1 N–H and O–H groups in total. The van der Waals surface area contributed by atoms with Crippen molar-refractivity contribution in [2.75, 3.05) is 6.61 Å². The van der Waals surface area contributed by atoms with Crippen molar-refractivity contribution < 1.29 is 18.6 Å². The molecule has 0 aliphatic carbocycles. The number of esters is 1. The van der Waals surface area contributed by atoms with Crippen molar-refractivity contribution in [2.24, 2.45) is 5.41 Å². The molecule has 0 radical (unpaired) electrons. The smallest absolute Gasteiger partial charge is 0.464 e. The third-order valence-electron chi connectivity index (χ3n) is 3.23. The van der Waals surface area contributed by atoms with E-state index in [0.29, 0.717) is 12.4 Å². The molecule has 0 saturated carbocycles. The van der Waals surface area contributed by atoms with Crippen LogP contribution in [0.3, 0.4) is 0 Å². The summed E-state index contributed by atoms with van der Waals surface area (Å²) in [6.07, 6.45) is 0. The zero-order valence-electron chi connectivity index (χ0n) is 14.4. The van der Waals surface area contributed by atoms with Gasteiger partial charge >= 0.3 is 14.1 Å². The van der Waals surface area contributed by atoms with Crippen LogP contribution >= 0.6 is 8.18 Å². The molecular formula is C18H23NO4P+. The molecule has 0 saturated heterocycles. The molecule has 2 atom stereocenters. The third kappa shape index (κ3) is 5.29. The number of hydrogen-bond acceptors (Lipinski definition) is 4. The van der Waals surface area contributed by atoms with Gasteiger partial charge in [0, 0.05) is 9.95 Å². The highest BCUT2D eigenvalue weighted by atomic mass is 31.1. The molecular weight excluding hydrogens is 325 g/mol. The first-order chi connectivity index (χ1) is 11.3. The van der Waals surface area contributed by atoms with E-state index in [2.05, 4.69) is 5.09 Å². The fourth-order valence-electron chi connectivity index (χ4n) is 2.01. The summed E-state index contributed by atoms with van der Waals surface area (Å²) < 4.78 is 22.9. The van der Waals surface area contributed by atoms with Crippen molar-refractivity contribution in [3.05, 3.63) is 42.5 Å². The van der Waals surface area contributed by atoms with Crippen molar-refractivity contribution in [3.8, 4) is 5.75 Å². The maximum Gasteiger partial charge on any atom is 0.664 e. The molecule has 2 aromatic carbocycles. The molecule has 2 aromatic rings. The number of hydrogen-bond donors (Lipinski definition) is 1. The number of carbonyl (C=O) groups is 1. The highest BCUT2D eigenvalue weighted by Gasteiger charge is 2.29. The van der Waals surface area contributed by atoms with Crippen molar-refractivity contribution >= 4 is 24.9 Å². The van der Waals surface area contributed by atoms with E-state index in [1.165, 1.54) is 0 Å². The Hall–Kier alpha value is -1.97. The van der Waals surface area contributed by atoms with Crippen LogP contribution in [0.2, 0.25) is 0 Å². The van der Waals surface area contributed by atoms with Gasteiger partial charge in [0.05, 0.1) is 6.61 Å². The summed E-state index contributed by atoms with van der Waals surface area (Å²) in [7, 11) is -2.24. The van der Waals surface area contributed by atoms with Gasteiger partial charge < -0.3 is 4.74 Å². The number of fused-ring (bicyclic) bond motifs is 1. The minimum absolute atomic E-state index is 0.114. The first-order valence-corrected chi connectivity index (χ1v) is 9.00. The maximum atomic E-state index is 12.2. The summed E-state index contributed by atoms with van der Waals surface area (Å²) in [6.45, 7) is 7.83. The molecule has 128 valence electrons. The normalized spacial score (nSPS) is 13.4. The van der Waals surface area contributed by atoms with Crippen molar-refractivity contribution in [1.82, 2.24) is 5.09 Å². The molecule has 0 bridgehead atoms. The standard InChI is InChI=1S/C18H23NO4P/c1-13(17(20)22-12-18(2,3)4)19-24(21)23-16-11-7-9-14-8-5-6-10-15(14)16/h5-11,13H,12H2,1-4H3,(H,19,21)/q+1. The van der Waals surface area contributed by atoms with E-state index in [9.17, 15) is 9.36 Å². The molecule has 0 amide bonds. The molecule has 5 nitrogen and oxygen atoms in total. The van der Waals surface area contributed by atoms with Crippen LogP contribution in [0.25, 0.3) is 10.8 Å². The summed E-state index contributed by atoms with van der Waals surface area (Å²) in [6, 6.07) is 12.5. The van der Waals surface area contributed by atoms with Gasteiger partial charge in [-0.05, 0) is 23.8 Å². The Bertz CT molecular complexity index is 734. The van der Waals surface area contributed by atoms with E-state index in [4.69, 9.17) is 9.26 Å². The van der Waals surface area contributed by atoms with E-state index in [-0.39, 0.29) is 5.41 Å². The molecule has 0 aliphatic heterocycles. The molecule has 0 aromatic heterocycles. The van der Waals surface area contributed by atoms with E-state index in [1.54, 1.807) is 13.0 Å². The van der Waals surface area contributed by atoms with Gasteiger partial charge in [-0.2, -0.15) is 0 Å². The second-order valence-corrected chi connectivity index (χ2v) is 7.80. The van der Waals surface area contributed by atoms with Gasteiger partial charge in [0.1, 0.15) is 6.04 Å². The maximum absolute atomic E-state index is 12.2. The summed E-state index contributed by atoms with van der Waals surface area (Å²) in [4.78, 5) is 11.9. The fourth-order valence-corrected chi connectivity index (χ4v) is 2.83.